The average Bonchev–Trinajstić information content (AvgIpc) is 2.42. The van der Waals surface area contributed by atoms with Crippen molar-refractivity contribution in [3.05, 3.63) is 12.2 Å². The minimum Gasteiger partial charge on any atom is -0.460 e. The third kappa shape index (κ3) is 10.2. The standard InChI is InChI=1S/C18H32O7/c1-12(2)15(20)23-10-18(21,9-14(19)25-17(5,6)7)11-24-16(22-8)13(3)4/h13,16,21H,1,9-11H2,2-8H3. The number of carbonyl (C=O) groups is 2. The van der Waals surface area contributed by atoms with Crippen molar-refractivity contribution in [3.8, 4) is 0 Å². The van der Waals surface area contributed by atoms with Crippen LogP contribution >= 0.6 is 0 Å². The summed E-state index contributed by atoms with van der Waals surface area (Å²) in [6.07, 6.45) is -0.954. The maximum Gasteiger partial charge on any atom is 0.333 e. The number of hydrogen-bond donors (Lipinski definition) is 1. The Kier molecular flexibility index (Phi) is 9.32. The van der Waals surface area contributed by atoms with Gasteiger partial charge in [-0.3, -0.25) is 4.79 Å². The second-order valence-electron chi connectivity index (χ2n) is 7.50. The summed E-state index contributed by atoms with van der Waals surface area (Å²) in [5, 5.41) is 10.7. The smallest absolute Gasteiger partial charge is 0.333 e. The first kappa shape index (κ1) is 23.6. The second-order valence-corrected chi connectivity index (χ2v) is 7.50. The lowest BCUT2D eigenvalue weighted by Crippen LogP contribution is -2.45. The summed E-state index contributed by atoms with van der Waals surface area (Å²) in [6, 6.07) is 0. The molecule has 0 aliphatic carbocycles. The van der Waals surface area contributed by atoms with Crippen LogP contribution in [-0.4, -0.2) is 54.9 Å². The van der Waals surface area contributed by atoms with Crippen LogP contribution in [0.4, 0.5) is 0 Å². The summed E-state index contributed by atoms with van der Waals surface area (Å²) in [6.45, 7) is 13.2. The van der Waals surface area contributed by atoms with Crippen molar-refractivity contribution in [1.82, 2.24) is 0 Å². The van der Waals surface area contributed by atoms with Crippen molar-refractivity contribution in [2.45, 2.75) is 65.5 Å². The first-order valence-electron chi connectivity index (χ1n) is 8.21. The van der Waals surface area contributed by atoms with E-state index in [-0.39, 0.29) is 24.5 Å². The number of carbonyl (C=O) groups excluding carboxylic acids is 2. The number of aliphatic hydroxyl groups is 1. The molecule has 0 saturated heterocycles. The maximum absolute atomic E-state index is 12.1. The molecule has 0 aliphatic heterocycles. The first-order valence-corrected chi connectivity index (χ1v) is 8.21. The van der Waals surface area contributed by atoms with E-state index in [0.29, 0.717) is 0 Å². The predicted octanol–water partition coefficient (Wildman–Crippen LogP) is 2.21. The van der Waals surface area contributed by atoms with Crippen LogP contribution in [0.5, 0.6) is 0 Å². The van der Waals surface area contributed by atoms with Crippen LogP contribution in [0.1, 0.15) is 48.0 Å². The summed E-state index contributed by atoms with van der Waals surface area (Å²) in [5.74, 6) is -1.24. The lowest BCUT2D eigenvalue weighted by atomic mass is 10.0. The Hall–Kier alpha value is -1.44. The highest BCUT2D eigenvalue weighted by atomic mass is 16.7. The topological polar surface area (TPSA) is 91.3 Å². The number of methoxy groups -OCH3 is 1. The molecule has 0 amide bonds. The van der Waals surface area contributed by atoms with E-state index in [1.165, 1.54) is 14.0 Å². The van der Waals surface area contributed by atoms with Crippen LogP contribution in [0.2, 0.25) is 0 Å². The molecule has 0 aromatic heterocycles. The van der Waals surface area contributed by atoms with Crippen molar-refractivity contribution in [2.75, 3.05) is 20.3 Å². The first-order chi connectivity index (χ1) is 11.3. The third-order valence-electron chi connectivity index (χ3n) is 3.01. The number of esters is 2. The summed E-state index contributed by atoms with van der Waals surface area (Å²) in [7, 11) is 1.48. The zero-order valence-electron chi connectivity index (χ0n) is 16.4. The second kappa shape index (κ2) is 9.89. The van der Waals surface area contributed by atoms with Crippen LogP contribution < -0.4 is 0 Å². The Bertz CT molecular complexity index is 465. The molecule has 0 radical (unpaired) electrons. The monoisotopic (exact) mass is 360 g/mol. The molecule has 25 heavy (non-hydrogen) atoms. The van der Waals surface area contributed by atoms with E-state index in [2.05, 4.69) is 6.58 Å². The molecule has 1 N–H and O–H groups in total. The fourth-order valence-corrected chi connectivity index (χ4v) is 1.88. The normalized spacial score (nSPS) is 15.4. The Balaban J connectivity index is 5.04. The van der Waals surface area contributed by atoms with E-state index in [0.717, 1.165) is 0 Å². The largest absolute Gasteiger partial charge is 0.460 e. The van der Waals surface area contributed by atoms with Gasteiger partial charge >= 0.3 is 11.9 Å². The third-order valence-corrected chi connectivity index (χ3v) is 3.01. The van der Waals surface area contributed by atoms with Gasteiger partial charge < -0.3 is 24.1 Å². The molecule has 0 bridgehead atoms. The molecule has 0 rings (SSSR count). The van der Waals surface area contributed by atoms with Crippen molar-refractivity contribution in [2.24, 2.45) is 5.92 Å². The van der Waals surface area contributed by atoms with Gasteiger partial charge in [0.1, 0.15) is 17.8 Å². The number of rotatable bonds is 10. The zero-order chi connectivity index (χ0) is 19.8. The van der Waals surface area contributed by atoms with Crippen LogP contribution in [0.3, 0.4) is 0 Å². The molecule has 7 nitrogen and oxygen atoms in total. The minimum absolute atomic E-state index is 0.0359. The Morgan fingerprint density at radius 3 is 2.12 bits per heavy atom. The lowest BCUT2D eigenvalue weighted by Gasteiger charge is -2.30. The zero-order valence-corrected chi connectivity index (χ0v) is 16.4. The Morgan fingerprint density at radius 2 is 1.72 bits per heavy atom. The summed E-state index contributed by atoms with van der Waals surface area (Å²) >= 11 is 0. The summed E-state index contributed by atoms with van der Waals surface area (Å²) in [4.78, 5) is 23.7. The highest BCUT2D eigenvalue weighted by Gasteiger charge is 2.36. The molecule has 0 saturated carbocycles. The molecule has 0 fully saturated rings. The predicted molar refractivity (Wildman–Crippen MR) is 92.8 cm³/mol. The van der Waals surface area contributed by atoms with Gasteiger partial charge in [0.05, 0.1) is 13.0 Å². The van der Waals surface area contributed by atoms with Crippen molar-refractivity contribution in [1.29, 1.82) is 0 Å². The van der Waals surface area contributed by atoms with Crippen LogP contribution in [0, 0.1) is 5.92 Å². The van der Waals surface area contributed by atoms with Crippen molar-refractivity contribution >= 4 is 11.9 Å². The molecule has 0 spiro atoms. The van der Waals surface area contributed by atoms with E-state index in [9.17, 15) is 14.7 Å². The number of hydrogen-bond acceptors (Lipinski definition) is 7. The minimum atomic E-state index is -1.74. The van der Waals surface area contributed by atoms with E-state index >= 15 is 0 Å². The van der Waals surface area contributed by atoms with Gasteiger partial charge in [-0.1, -0.05) is 20.4 Å². The summed E-state index contributed by atoms with van der Waals surface area (Å²) < 4.78 is 21.0. The molecular formula is C18H32O7. The molecule has 0 heterocycles. The van der Waals surface area contributed by atoms with Crippen LogP contribution in [0.15, 0.2) is 12.2 Å². The average molecular weight is 360 g/mol. The maximum atomic E-state index is 12.1. The highest BCUT2D eigenvalue weighted by Crippen LogP contribution is 2.19. The molecule has 2 atom stereocenters. The lowest BCUT2D eigenvalue weighted by molar-refractivity contribution is -0.200. The molecule has 2 unspecified atom stereocenters. The molecule has 0 aromatic rings. The fourth-order valence-electron chi connectivity index (χ4n) is 1.88. The van der Waals surface area contributed by atoms with Crippen molar-refractivity contribution < 1.29 is 33.6 Å². The summed E-state index contributed by atoms with van der Waals surface area (Å²) in [5.41, 5.74) is -2.24. The van der Waals surface area contributed by atoms with Gasteiger partial charge in [-0.05, 0) is 27.7 Å². The molecule has 146 valence electrons. The van der Waals surface area contributed by atoms with E-state index < -0.39 is 36.0 Å². The van der Waals surface area contributed by atoms with Crippen LogP contribution in [-0.2, 0) is 28.5 Å². The van der Waals surface area contributed by atoms with Gasteiger partial charge in [0.15, 0.2) is 6.29 Å². The molecule has 7 heteroatoms. The van der Waals surface area contributed by atoms with Crippen LogP contribution in [0.25, 0.3) is 0 Å². The molecule has 0 aromatic carbocycles. The molecular weight excluding hydrogens is 328 g/mol. The quantitative estimate of drug-likeness (QED) is 0.363. The van der Waals surface area contributed by atoms with Gasteiger partial charge in [-0.2, -0.15) is 0 Å². The van der Waals surface area contributed by atoms with Gasteiger partial charge in [0, 0.05) is 18.6 Å². The fraction of sp³-hybridized carbons (Fsp3) is 0.778. The van der Waals surface area contributed by atoms with Gasteiger partial charge in [-0.15, -0.1) is 0 Å². The molecule has 0 aliphatic rings. The van der Waals surface area contributed by atoms with Gasteiger partial charge in [0.25, 0.3) is 0 Å². The number of ether oxygens (including phenoxy) is 4. The van der Waals surface area contributed by atoms with Crippen molar-refractivity contribution in [3.63, 3.8) is 0 Å². The van der Waals surface area contributed by atoms with E-state index in [4.69, 9.17) is 18.9 Å². The highest BCUT2D eigenvalue weighted by molar-refractivity contribution is 5.87. The Labute approximate surface area is 150 Å². The Morgan fingerprint density at radius 1 is 1.16 bits per heavy atom. The van der Waals surface area contributed by atoms with Gasteiger partial charge in [0.2, 0.25) is 0 Å². The van der Waals surface area contributed by atoms with Gasteiger partial charge in [-0.25, -0.2) is 4.79 Å². The van der Waals surface area contributed by atoms with E-state index in [1.807, 2.05) is 13.8 Å². The van der Waals surface area contributed by atoms with E-state index in [1.54, 1.807) is 20.8 Å². The SMILES string of the molecule is C=C(C)C(=O)OCC(O)(COC(OC)C(C)C)CC(=O)OC(C)(C)C.